The molecule has 0 saturated heterocycles. The Morgan fingerprint density at radius 2 is 2.13 bits per heavy atom. The van der Waals surface area contributed by atoms with Gasteiger partial charge in [0.2, 0.25) is 0 Å². The van der Waals surface area contributed by atoms with Crippen LogP contribution in [-0.2, 0) is 13.1 Å². The minimum atomic E-state index is 0.525. The molecule has 78 valence electrons. The fraction of sp³-hybridized carbons (Fsp3) is 0.200. The first-order valence-corrected chi connectivity index (χ1v) is 5.38. The van der Waals surface area contributed by atoms with E-state index in [0.29, 0.717) is 13.1 Å². The Kier molecular flexibility index (Phi) is 3.13. The van der Waals surface area contributed by atoms with E-state index in [0.717, 1.165) is 15.6 Å². The summed E-state index contributed by atoms with van der Waals surface area (Å²) < 4.78 is 2.83. The van der Waals surface area contributed by atoms with Crippen LogP contribution in [0.1, 0.15) is 11.1 Å². The van der Waals surface area contributed by atoms with E-state index in [4.69, 9.17) is 5.73 Å². The summed E-state index contributed by atoms with van der Waals surface area (Å²) in [6.07, 6.45) is 7.32. The van der Waals surface area contributed by atoms with Crippen molar-refractivity contribution in [1.29, 1.82) is 0 Å². The lowest BCUT2D eigenvalue weighted by Gasteiger charge is -2.01. The minimum Gasteiger partial charge on any atom is -0.326 e. The molecule has 2 aromatic rings. The lowest BCUT2D eigenvalue weighted by molar-refractivity contribution is 0.683. The molecule has 0 fully saturated rings. The third-order valence-corrected chi connectivity index (χ3v) is 2.46. The Morgan fingerprint density at radius 3 is 2.80 bits per heavy atom. The second kappa shape index (κ2) is 4.55. The fourth-order valence-corrected chi connectivity index (χ4v) is 1.74. The van der Waals surface area contributed by atoms with E-state index in [1.165, 1.54) is 0 Å². The van der Waals surface area contributed by atoms with Crippen molar-refractivity contribution in [1.82, 2.24) is 14.8 Å². The molecule has 0 aliphatic carbocycles. The highest BCUT2D eigenvalue weighted by molar-refractivity contribution is 9.10. The lowest BCUT2D eigenvalue weighted by atomic mass is 10.3. The smallest absolute Gasteiger partial charge is 0.0674 e. The van der Waals surface area contributed by atoms with Crippen molar-refractivity contribution < 1.29 is 0 Å². The van der Waals surface area contributed by atoms with Gasteiger partial charge in [-0.05, 0) is 27.6 Å². The molecule has 4 nitrogen and oxygen atoms in total. The molecule has 2 aromatic heterocycles. The summed E-state index contributed by atoms with van der Waals surface area (Å²) in [7, 11) is 0. The molecular formula is C10H11BrN4. The van der Waals surface area contributed by atoms with Gasteiger partial charge < -0.3 is 5.73 Å². The molecule has 2 rings (SSSR count). The van der Waals surface area contributed by atoms with E-state index in [9.17, 15) is 0 Å². The Bertz CT molecular complexity index is 452. The minimum absolute atomic E-state index is 0.525. The highest BCUT2D eigenvalue weighted by Gasteiger charge is 1.99. The van der Waals surface area contributed by atoms with Gasteiger partial charge in [0.1, 0.15) is 0 Å². The van der Waals surface area contributed by atoms with Gasteiger partial charge in [0, 0.05) is 35.2 Å². The van der Waals surface area contributed by atoms with Gasteiger partial charge in [-0.15, -0.1) is 0 Å². The summed E-state index contributed by atoms with van der Waals surface area (Å²) in [5.41, 5.74) is 7.65. The number of halogens is 1. The number of hydrogen-bond donors (Lipinski definition) is 1. The maximum Gasteiger partial charge on any atom is 0.0674 e. The predicted molar refractivity (Wildman–Crippen MR) is 61.2 cm³/mol. The van der Waals surface area contributed by atoms with Gasteiger partial charge >= 0.3 is 0 Å². The second-order valence-electron chi connectivity index (χ2n) is 3.26. The Hall–Kier alpha value is -1.20. The fourth-order valence-electron chi connectivity index (χ4n) is 1.33. The van der Waals surface area contributed by atoms with E-state index in [1.54, 1.807) is 12.4 Å². The van der Waals surface area contributed by atoms with Crippen LogP contribution in [0.2, 0.25) is 0 Å². The van der Waals surface area contributed by atoms with E-state index in [2.05, 4.69) is 26.0 Å². The van der Waals surface area contributed by atoms with Crippen molar-refractivity contribution in [2.24, 2.45) is 5.73 Å². The molecule has 2 N–H and O–H groups in total. The highest BCUT2D eigenvalue weighted by atomic mass is 79.9. The molecule has 0 atom stereocenters. The molecule has 5 heteroatoms. The summed E-state index contributed by atoms with van der Waals surface area (Å²) in [6, 6.07) is 2.02. The first-order chi connectivity index (χ1) is 7.28. The molecule has 0 unspecified atom stereocenters. The molecule has 0 aliphatic heterocycles. The van der Waals surface area contributed by atoms with Crippen LogP contribution < -0.4 is 5.73 Å². The largest absolute Gasteiger partial charge is 0.326 e. The number of rotatable bonds is 3. The van der Waals surface area contributed by atoms with Crippen LogP contribution in [0.25, 0.3) is 0 Å². The average Bonchev–Trinajstić information content (AvgIpc) is 2.65. The van der Waals surface area contributed by atoms with Gasteiger partial charge in [0.15, 0.2) is 0 Å². The maximum atomic E-state index is 5.51. The molecule has 2 heterocycles. The van der Waals surface area contributed by atoms with Gasteiger partial charge in [0.05, 0.1) is 12.7 Å². The average molecular weight is 267 g/mol. The summed E-state index contributed by atoms with van der Waals surface area (Å²) in [4.78, 5) is 4.09. The van der Waals surface area contributed by atoms with E-state index in [1.807, 2.05) is 23.1 Å². The molecule has 0 aliphatic rings. The third-order valence-electron chi connectivity index (χ3n) is 2.03. The Labute approximate surface area is 96.3 Å². The van der Waals surface area contributed by atoms with Crippen LogP contribution in [0.15, 0.2) is 35.3 Å². The Morgan fingerprint density at radius 1 is 1.27 bits per heavy atom. The molecule has 15 heavy (non-hydrogen) atoms. The topological polar surface area (TPSA) is 56.7 Å². The SMILES string of the molecule is NCc1cnn(Cc2cncc(Br)c2)c1. The van der Waals surface area contributed by atoms with Gasteiger partial charge in [-0.25, -0.2) is 0 Å². The predicted octanol–water partition coefficient (Wildman–Crippen LogP) is 1.55. The summed E-state index contributed by atoms with van der Waals surface area (Å²) >= 11 is 3.38. The van der Waals surface area contributed by atoms with Gasteiger partial charge in [-0.1, -0.05) is 0 Å². The third kappa shape index (κ3) is 2.64. The second-order valence-corrected chi connectivity index (χ2v) is 4.18. The normalized spacial score (nSPS) is 10.5. The van der Waals surface area contributed by atoms with Crippen LogP contribution in [0.5, 0.6) is 0 Å². The number of nitrogens with zero attached hydrogens (tertiary/aromatic N) is 3. The van der Waals surface area contributed by atoms with Crippen LogP contribution in [-0.4, -0.2) is 14.8 Å². The first-order valence-electron chi connectivity index (χ1n) is 4.59. The molecule has 0 spiro atoms. The molecule has 0 aromatic carbocycles. The van der Waals surface area contributed by atoms with Gasteiger partial charge in [-0.2, -0.15) is 5.10 Å². The van der Waals surface area contributed by atoms with E-state index < -0.39 is 0 Å². The van der Waals surface area contributed by atoms with Crippen LogP contribution >= 0.6 is 15.9 Å². The maximum absolute atomic E-state index is 5.51. The molecule has 0 radical (unpaired) electrons. The summed E-state index contributed by atoms with van der Waals surface area (Å²) in [5, 5.41) is 4.21. The molecular weight excluding hydrogens is 256 g/mol. The van der Waals surface area contributed by atoms with Gasteiger partial charge in [-0.3, -0.25) is 9.67 Å². The van der Waals surface area contributed by atoms with Crippen molar-refractivity contribution in [2.75, 3.05) is 0 Å². The standard InChI is InChI=1S/C10H11BrN4/c11-10-1-8(3-13-5-10)6-15-7-9(2-12)4-14-15/h1,3-5,7H,2,6,12H2. The zero-order valence-electron chi connectivity index (χ0n) is 8.10. The molecule has 0 saturated carbocycles. The number of hydrogen-bond acceptors (Lipinski definition) is 3. The Balaban J connectivity index is 2.14. The van der Waals surface area contributed by atoms with Crippen molar-refractivity contribution in [3.05, 3.63) is 46.5 Å². The first kappa shape index (κ1) is 10.3. The van der Waals surface area contributed by atoms with Crippen LogP contribution in [0.3, 0.4) is 0 Å². The van der Waals surface area contributed by atoms with E-state index in [-0.39, 0.29) is 0 Å². The lowest BCUT2D eigenvalue weighted by Crippen LogP contribution is -2.00. The monoisotopic (exact) mass is 266 g/mol. The van der Waals surface area contributed by atoms with Crippen molar-refractivity contribution in [2.45, 2.75) is 13.1 Å². The number of pyridine rings is 1. The highest BCUT2D eigenvalue weighted by Crippen LogP contribution is 2.10. The zero-order valence-corrected chi connectivity index (χ0v) is 9.68. The quantitative estimate of drug-likeness (QED) is 0.917. The van der Waals surface area contributed by atoms with Crippen LogP contribution in [0.4, 0.5) is 0 Å². The van der Waals surface area contributed by atoms with E-state index >= 15 is 0 Å². The summed E-state index contributed by atoms with van der Waals surface area (Å²) in [5.74, 6) is 0. The van der Waals surface area contributed by atoms with Crippen molar-refractivity contribution in [3.8, 4) is 0 Å². The van der Waals surface area contributed by atoms with Crippen molar-refractivity contribution >= 4 is 15.9 Å². The van der Waals surface area contributed by atoms with Gasteiger partial charge in [0.25, 0.3) is 0 Å². The van der Waals surface area contributed by atoms with Crippen molar-refractivity contribution in [3.63, 3.8) is 0 Å². The molecule has 0 amide bonds. The number of aromatic nitrogens is 3. The molecule has 0 bridgehead atoms. The zero-order chi connectivity index (χ0) is 10.7. The van der Waals surface area contributed by atoms with Crippen LogP contribution in [0, 0.1) is 0 Å². The summed E-state index contributed by atoms with van der Waals surface area (Å²) in [6.45, 7) is 1.24. The number of nitrogens with two attached hydrogens (primary N) is 1.